The maximum atomic E-state index is 13.3. The third-order valence-electron chi connectivity index (χ3n) is 4.13. The molecule has 1 amide bonds. The van der Waals surface area contributed by atoms with Gasteiger partial charge in [-0.2, -0.15) is 0 Å². The summed E-state index contributed by atoms with van der Waals surface area (Å²) < 4.78 is 39.0. The van der Waals surface area contributed by atoms with Gasteiger partial charge in [0.25, 0.3) is 0 Å². The average molecular weight is 378 g/mol. The van der Waals surface area contributed by atoms with Gasteiger partial charge in [0, 0.05) is 19.5 Å². The summed E-state index contributed by atoms with van der Waals surface area (Å²) in [5, 5.41) is 0. The predicted molar refractivity (Wildman–Crippen MR) is 98.5 cm³/mol. The third kappa shape index (κ3) is 5.37. The van der Waals surface area contributed by atoms with Crippen LogP contribution in [0, 0.1) is 5.82 Å². The lowest BCUT2D eigenvalue weighted by Gasteiger charge is -2.21. The van der Waals surface area contributed by atoms with Crippen LogP contribution in [0.15, 0.2) is 53.4 Å². The van der Waals surface area contributed by atoms with Crippen molar-refractivity contribution in [2.75, 3.05) is 13.6 Å². The Hall–Kier alpha value is -2.25. The molecule has 2 aromatic carbocycles. The molecule has 0 fully saturated rings. The van der Waals surface area contributed by atoms with E-state index in [1.807, 2.05) is 6.92 Å². The summed E-state index contributed by atoms with van der Waals surface area (Å²) in [6, 6.07) is 12.7. The largest absolute Gasteiger partial charge is 0.339 e. The first kappa shape index (κ1) is 20.1. The second-order valence-corrected chi connectivity index (χ2v) is 7.78. The molecule has 0 saturated heterocycles. The standard InChI is InChI=1S/C19H23FN2O3S/c1-3-22(14-16-5-4-6-17(20)13-16)19(23)12-9-15-7-10-18(11-8-15)26(24,25)21-2/h4-8,10-11,13,21H,3,9,12,14H2,1-2H3. The summed E-state index contributed by atoms with van der Waals surface area (Å²) in [6.45, 7) is 2.79. The molecular formula is C19H23FN2O3S. The van der Waals surface area contributed by atoms with Crippen molar-refractivity contribution >= 4 is 15.9 Å². The normalized spacial score (nSPS) is 11.3. The van der Waals surface area contributed by atoms with Crippen LogP contribution in [0.5, 0.6) is 0 Å². The number of hydrogen-bond donors (Lipinski definition) is 1. The van der Waals surface area contributed by atoms with E-state index in [9.17, 15) is 17.6 Å². The van der Waals surface area contributed by atoms with Crippen LogP contribution in [-0.4, -0.2) is 32.8 Å². The molecule has 5 nitrogen and oxygen atoms in total. The smallest absolute Gasteiger partial charge is 0.240 e. The number of carbonyl (C=O) groups excluding carboxylic acids is 1. The molecule has 26 heavy (non-hydrogen) atoms. The molecule has 0 unspecified atom stereocenters. The highest BCUT2D eigenvalue weighted by molar-refractivity contribution is 7.89. The molecule has 0 aliphatic rings. The van der Waals surface area contributed by atoms with Gasteiger partial charge in [0.05, 0.1) is 4.90 Å². The van der Waals surface area contributed by atoms with E-state index in [0.717, 1.165) is 11.1 Å². The van der Waals surface area contributed by atoms with Gasteiger partial charge in [-0.05, 0) is 55.8 Å². The fraction of sp³-hybridized carbons (Fsp3) is 0.316. The van der Waals surface area contributed by atoms with Crippen molar-refractivity contribution in [1.29, 1.82) is 0 Å². The molecule has 0 aliphatic heterocycles. The number of halogens is 1. The molecule has 140 valence electrons. The highest BCUT2D eigenvalue weighted by atomic mass is 32.2. The van der Waals surface area contributed by atoms with Crippen molar-refractivity contribution in [2.45, 2.75) is 31.2 Å². The quantitative estimate of drug-likeness (QED) is 0.768. The predicted octanol–water partition coefficient (Wildman–Crippen LogP) is 2.72. The summed E-state index contributed by atoms with van der Waals surface area (Å²) in [4.78, 5) is 14.3. The first-order valence-corrected chi connectivity index (χ1v) is 9.88. The van der Waals surface area contributed by atoms with E-state index in [-0.39, 0.29) is 16.6 Å². The summed E-state index contributed by atoms with van der Waals surface area (Å²) in [6.07, 6.45) is 0.819. The molecule has 2 aromatic rings. The maximum absolute atomic E-state index is 13.3. The van der Waals surface area contributed by atoms with Crippen LogP contribution in [0.2, 0.25) is 0 Å². The lowest BCUT2D eigenvalue weighted by molar-refractivity contribution is -0.131. The first-order chi connectivity index (χ1) is 12.4. The van der Waals surface area contributed by atoms with Crippen LogP contribution in [0.4, 0.5) is 4.39 Å². The van der Waals surface area contributed by atoms with Crippen LogP contribution >= 0.6 is 0 Å². The Labute approximate surface area is 153 Å². The molecule has 0 heterocycles. The number of aryl methyl sites for hydroxylation is 1. The van der Waals surface area contributed by atoms with Gasteiger partial charge in [-0.15, -0.1) is 0 Å². The molecule has 7 heteroatoms. The molecule has 0 radical (unpaired) electrons. The molecule has 2 rings (SSSR count). The SMILES string of the molecule is CCN(Cc1cccc(F)c1)C(=O)CCc1ccc(S(=O)(=O)NC)cc1. The number of nitrogens with one attached hydrogen (secondary N) is 1. The van der Waals surface area contributed by atoms with Gasteiger partial charge in [0.1, 0.15) is 5.82 Å². The minimum absolute atomic E-state index is 0.0244. The topological polar surface area (TPSA) is 66.5 Å². The van der Waals surface area contributed by atoms with Gasteiger partial charge < -0.3 is 4.90 Å². The number of hydrogen-bond acceptors (Lipinski definition) is 3. The molecule has 0 aromatic heterocycles. The highest BCUT2D eigenvalue weighted by Gasteiger charge is 2.14. The maximum Gasteiger partial charge on any atom is 0.240 e. The van der Waals surface area contributed by atoms with Gasteiger partial charge >= 0.3 is 0 Å². The average Bonchev–Trinajstić information content (AvgIpc) is 2.64. The molecule has 0 aliphatic carbocycles. The minimum atomic E-state index is -3.46. The van der Waals surface area contributed by atoms with Gasteiger partial charge in [0.2, 0.25) is 15.9 Å². The van der Waals surface area contributed by atoms with Crippen molar-refractivity contribution in [1.82, 2.24) is 9.62 Å². The minimum Gasteiger partial charge on any atom is -0.339 e. The van der Waals surface area contributed by atoms with Crippen molar-refractivity contribution in [2.24, 2.45) is 0 Å². The van der Waals surface area contributed by atoms with Gasteiger partial charge in [-0.3, -0.25) is 4.79 Å². The Morgan fingerprint density at radius 2 is 1.81 bits per heavy atom. The molecule has 0 saturated carbocycles. The lowest BCUT2D eigenvalue weighted by atomic mass is 10.1. The lowest BCUT2D eigenvalue weighted by Crippen LogP contribution is -2.30. The summed E-state index contributed by atoms with van der Waals surface area (Å²) in [5.74, 6) is -0.341. The number of carbonyl (C=O) groups is 1. The highest BCUT2D eigenvalue weighted by Crippen LogP contribution is 2.13. The zero-order valence-corrected chi connectivity index (χ0v) is 15.7. The van der Waals surface area contributed by atoms with E-state index in [0.29, 0.717) is 25.9 Å². The van der Waals surface area contributed by atoms with E-state index in [2.05, 4.69) is 4.72 Å². The summed E-state index contributed by atoms with van der Waals surface area (Å²) >= 11 is 0. The fourth-order valence-electron chi connectivity index (χ4n) is 2.59. The van der Waals surface area contributed by atoms with E-state index in [1.54, 1.807) is 29.2 Å². The van der Waals surface area contributed by atoms with Crippen LogP contribution in [0.25, 0.3) is 0 Å². The molecule has 0 spiro atoms. The molecule has 0 bridgehead atoms. The van der Waals surface area contributed by atoms with Gasteiger partial charge in [0.15, 0.2) is 0 Å². The Kier molecular flexibility index (Phi) is 6.88. The third-order valence-corrected chi connectivity index (χ3v) is 5.56. The van der Waals surface area contributed by atoms with Gasteiger partial charge in [-0.1, -0.05) is 24.3 Å². The van der Waals surface area contributed by atoms with Crippen molar-refractivity contribution < 1.29 is 17.6 Å². The second-order valence-electron chi connectivity index (χ2n) is 5.89. The number of sulfonamides is 1. The molecular weight excluding hydrogens is 355 g/mol. The van der Waals surface area contributed by atoms with Crippen LogP contribution in [0.1, 0.15) is 24.5 Å². The fourth-order valence-corrected chi connectivity index (χ4v) is 3.32. The van der Waals surface area contributed by atoms with Gasteiger partial charge in [-0.25, -0.2) is 17.5 Å². The molecule has 1 N–H and O–H groups in total. The number of nitrogens with zero attached hydrogens (tertiary/aromatic N) is 1. The Morgan fingerprint density at radius 1 is 1.12 bits per heavy atom. The van der Waals surface area contributed by atoms with E-state index in [1.165, 1.54) is 31.3 Å². The van der Waals surface area contributed by atoms with Crippen molar-refractivity contribution in [3.63, 3.8) is 0 Å². The van der Waals surface area contributed by atoms with E-state index < -0.39 is 10.0 Å². The monoisotopic (exact) mass is 378 g/mol. The molecule has 0 atom stereocenters. The second kappa shape index (κ2) is 8.91. The van der Waals surface area contributed by atoms with Crippen LogP contribution in [-0.2, 0) is 27.8 Å². The van der Waals surface area contributed by atoms with E-state index in [4.69, 9.17) is 0 Å². The number of rotatable bonds is 8. The van der Waals surface area contributed by atoms with Crippen molar-refractivity contribution in [3.8, 4) is 0 Å². The Balaban J connectivity index is 1.96. The van der Waals surface area contributed by atoms with Crippen LogP contribution < -0.4 is 4.72 Å². The zero-order chi connectivity index (χ0) is 19.2. The number of amides is 1. The number of benzene rings is 2. The Morgan fingerprint density at radius 3 is 2.38 bits per heavy atom. The summed E-state index contributed by atoms with van der Waals surface area (Å²) in [7, 11) is -2.10. The van der Waals surface area contributed by atoms with E-state index >= 15 is 0 Å². The summed E-state index contributed by atoms with van der Waals surface area (Å²) in [5.41, 5.74) is 1.64. The van der Waals surface area contributed by atoms with Crippen LogP contribution in [0.3, 0.4) is 0 Å². The van der Waals surface area contributed by atoms with Crippen molar-refractivity contribution in [3.05, 3.63) is 65.5 Å². The zero-order valence-electron chi connectivity index (χ0n) is 14.9. The Bertz CT molecular complexity index is 851. The first-order valence-electron chi connectivity index (χ1n) is 8.40.